The summed E-state index contributed by atoms with van der Waals surface area (Å²) in [6.07, 6.45) is 1.46. The summed E-state index contributed by atoms with van der Waals surface area (Å²) in [5, 5.41) is 7.75. The molecule has 2 N–H and O–H groups in total. The van der Waals surface area contributed by atoms with Crippen LogP contribution < -0.4 is 20.2 Å². The highest BCUT2D eigenvalue weighted by atomic mass is 79.9. The van der Waals surface area contributed by atoms with Gasteiger partial charge in [0.25, 0.3) is 5.91 Å². The van der Waals surface area contributed by atoms with Gasteiger partial charge < -0.3 is 14.8 Å². The molecule has 1 atom stereocenters. The molecule has 7 nitrogen and oxygen atoms in total. The zero-order valence-electron chi connectivity index (χ0n) is 19.6. The molecule has 0 fully saturated rings. The van der Waals surface area contributed by atoms with Crippen LogP contribution in [0.5, 0.6) is 11.5 Å². The molecule has 3 rings (SSSR count). The Kier molecular flexibility index (Phi) is 10.2. The molecule has 1 unspecified atom stereocenters. The molecule has 0 aromatic heterocycles. The molecule has 0 radical (unpaired) electrons. The van der Waals surface area contributed by atoms with Crippen LogP contribution in [-0.2, 0) is 16.2 Å². The van der Waals surface area contributed by atoms with Gasteiger partial charge in [0, 0.05) is 20.1 Å². The lowest BCUT2D eigenvalue weighted by atomic mass is 10.1. The monoisotopic (exact) mass is 591 g/mol. The predicted octanol–water partition coefficient (Wildman–Crippen LogP) is 6.46. The molecule has 188 valence electrons. The van der Waals surface area contributed by atoms with Crippen molar-refractivity contribution in [1.29, 1.82) is 0 Å². The highest BCUT2D eigenvalue weighted by Gasteiger charge is 2.21. The second-order valence-electron chi connectivity index (χ2n) is 7.59. The van der Waals surface area contributed by atoms with Crippen molar-refractivity contribution >= 4 is 62.8 Å². The van der Waals surface area contributed by atoms with Gasteiger partial charge in [-0.3, -0.25) is 9.59 Å². The van der Waals surface area contributed by atoms with E-state index in [1.807, 2.05) is 13.0 Å². The van der Waals surface area contributed by atoms with E-state index in [0.29, 0.717) is 39.4 Å². The van der Waals surface area contributed by atoms with Crippen LogP contribution in [0, 0.1) is 5.92 Å². The Morgan fingerprint density at radius 3 is 2.53 bits per heavy atom. The average Bonchev–Trinajstić information content (AvgIpc) is 2.85. The van der Waals surface area contributed by atoms with Crippen molar-refractivity contribution in [3.8, 4) is 11.5 Å². The van der Waals surface area contributed by atoms with Gasteiger partial charge in [-0.25, -0.2) is 5.43 Å². The zero-order valence-corrected chi connectivity index (χ0v) is 22.7. The largest absolute Gasteiger partial charge is 0.490 e. The van der Waals surface area contributed by atoms with E-state index in [9.17, 15) is 9.59 Å². The van der Waals surface area contributed by atoms with Crippen LogP contribution in [0.3, 0.4) is 0 Å². The Labute approximate surface area is 227 Å². The van der Waals surface area contributed by atoms with Crippen LogP contribution in [0.15, 0.2) is 70.2 Å². The Morgan fingerprint density at radius 1 is 1.03 bits per heavy atom. The lowest BCUT2D eigenvalue weighted by Crippen LogP contribution is -2.34. The minimum atomic E-state index is -0.955. The second kappa shape index (κ2) is 13.3. The highest BCUT2D eigenvalue weighted by molar-refractivity contribution is 9.10. The first kappa shape index (κ1) is 27.5. The van der Waals surface area contributed by atoms with Crippen LogP contribution in [-0.4, -0.2) is 24.6 Å². The number of nitrogens with zero attached hydrogens (tertiary/aromatic N) is 1. The second-order valence-corrected chi connectivity index (χ2v) is 9.29. The van der Waals surface area contributed by atoms with Crippen molar-refractivity contribution in [2.45, 2.75) is 20.5 Å². The molecular weight excluding hydrogens is 569 g/mol. The predicted molar refractivity (Wildman–Crippen MR) is 146 cm³/mol. The number of carbonyl (C=O) groups is 2. The number of hydrogen-bond acceptors (Lipinski definition) is 5. The van der Waals surface area contributed by atoms with E-state index in [-0.39, 0.29) is 6.61 Å². The Balaban J connectivity index is 1.60. The van der Waals surface area contributed by atoms with Gasteiger partial charge in [0.1, 0.15) is 12.5 Å². The molecule has 0 heterocycles. The third kappa shape index (κ3) is 7.71. The molecule has 2 amide bonds. The third-order valence-electron chi connectivity index (χ3n) is 4.97. The number of halogens is 3. The van der Waals surface area contributed by atoms with Gasteiger partial charge in [-0.2, -0.15) is 5.10 Å². The molecule has 0 aliphatic rings. The molecule has 0 bridgehead atoms. The number of hydrogen-bond donors (Lipinski definition) is 2. The van der Waals surface area contributed by atoms with Crippen molar-refractivity contribution in [3.63, 3.8) is 0 Å². The number of nitrogens with one attached hydrogen (secondary N) is 2. The fourth-order valence-corrected chi connectivity index (χ4v) is 3.82. The normalized spacial score (nSPS) is 11.7. The minimum absolute atomic E-state index is 0.235. The molecule has 0 aliphatic heterocycles. The first-order valence-electron chi connectivity index (χ1n) is 11.0. The van der Waals surface area contributed by atoms with E-state index in [0.717, 1.165) is 10.0 Å². The Hall–Kier alpha value is -3.07. The number of anilines is 1. The van der Waals surface area contributed by atoms with Gasteiger partial charge in [-0.05, 0) is 77.8 Å². The molecule has 0 spiro atoms. The summed E-state index contributed by atoms with van der Waals surface area (Å²) in [5.74, 6) is -0.902. The number of rotatable bonds is 10. The van der Waals surface area contributed by atoms with E-state index in [1.165, 1.54) is 13.1 Å². The summed E-state index contributed by atoms with van der Waals surface area (Å²) in [5.41, 5.74) is 4.43. The van der Waals surface area contributed by atoms with Gasteiger partial charge in [-0.15, -0.1) is 0 Å². The maximum atomic E-state index is 12.4. The fourth-order valence-electron chi connectivity index (χ4n) is 2.98. The summed E-state index contributed by atoms with van der Waals surface area (Å²) in [6.45, 7) is 4.03. The van der Waals surface area contributed by atoms with Crippen LogP contribution in [0.25, 0.3) is 0 Å². The number of ether oxygens (including phenoxy) is 2. The maximum Gasteiger partial charge on any atom is 0.252 e. The molecule has 0 saturated carbocycles. The summed E-state index contributed by atoms with van der Waals surface area (Å²) in [4.78, 5) is 24.8. The van der Waals surface area contributed by atoms with E-state index < -0.39 is 17.7 Å². The molecule has 3 aromatic rings. The van der Waals surface area contributed by atoms with Crippen LogP contribution in [0.2, 0.25) is 10.0 Å². The standard InChI is InChI=1S/C26H24BrCl2N3O4/c1-3-35-24-12-17(8-11-23(24)36-15-18-9-10-19(28)13-21(18)29)14-30-32-26(34)16(2)25(33)31-22-7-5-4-6-20(22)27/h4-14,16H,3,15H2,1-2H3,(H,31,33)(H,32,34). The van der Waals surface area contributed by atoms with Gasteiger partial charge in [0.05, 0.1) is 18.5 Å². The number of carbonyl (C=O) groups excluding carboxylic acids is 2. The van der Waals surface area contributed by atoms with Crippen molar-refractivity contribution in [1.82, 2.24) is 5.43 Å². The van der Waals surface area contributed by atoms with E-state index in [2.05, 4.69) is 31.8 Å². The molecule has 3 aromatic carbocycles. The van der Waals surface area contributed by atoms with Gasteiger partial charge in [0.2, 0.25) is 5.91 Å². The van der Waals surface area contributed by atoms with Crippen LogP contribution in [0.1, 0.15) is 25.0 Å². The topological polar surface area (TPSA) is 89.0 Å². The highest BCUT2D eigenvalue weighted by Crippen LogP contribution is 2.30. The summed E-state index contributed by atoms with van der Waals surface area (Å²) >= 11 is 15.5. The lowest BCUT2D eigenvalue weighted by Gasteiger charge is -2.13. The summed E-state index contributed by atoms with van der Waals surface area (Å²) in [7, 11) is 0. The van der Waals surface area contributed by atoms with Crippen molar-refractivity contribution < 1.29 is 19.1 Å². The molecule has 10 heteroatoms. The Morgan fingerprint density at radius 2 is 1.81 bits per heavy atom. The van der Waals surface area contributed by atoms with Gasteiger partial charge >= 0.3 is 0 Å². The maximum absolute atomic E-state index is 12.4. The first-order chi connectivity index (χ1) is 17.3. The molecule has 0 aliphatic carbocycles. The van der Waals surface area contributed by atoms with E-state index >= 15 is 0 Å². The number of para-hydroxylation sites is 1. The van der Waals surface area contributed by atoms with Crippen molar-refractivity contribution in [3.05, 3.63) is 86.3 Å². The lowest BCUT2D eigenvalue weighted by molar-refractivity contribution is -0.131. The minimum Gasteiger partial charge on any atom is -0.490 e. The number of amides is 2. The van der Waals surface area contributed by atoms with Crippen LogP contribution >= 0.6 is 39.1 Å². The summed E-state index contributed by atoms with van der Waals surface area (Å²) < 4.78 is 12.3. The third-order valence-corrected chi connectivity index (χ3v) is 6.25. The smallest absolute Gasteiger partial charge is 0.252 e. The molecule has 36 heavy (non-hydrogen) atoms. The van der Waals surface area contributed by atoms with E-state index in [4.69, 9.17) is 32.7 Å². The van der Waals surface area contributed by atoms with E-state index in [1.54, 1.807) is 54.6 Å². The van der Waals surface area contributed by atoms with Crippen molar-refractivity contribution in [2.75, 3.05) is 11.9 Å². The molecule has 0 saturated heterocycles. The Bertz CT molecular complexity index is 1270. The summed E-state index contributed by atoms with van der Waals surface area (Å²) in [6, 6.07) is 17.6. The SMILES string of the molecule is CCOc1cc(C=NNC(=O)C(C)C(=O)Nc2ccccc2Br)ccc1OCc1ccc(Cl)cc1Cl. The quantitative estimate of drug-likeness (QED) is 0.161. The number of hydrazone groups is 1. The average molecular weight is 593 g/mol. The first-order valence-corrected chi connectivity index (χ1v) is 12.5. The zero-order chi connectivity index (χ0) is 26.1. The number of benzene rings is 3. The molecular formula is C26H24BrCl2N3O4. The van der Waals surface area contributed by atoms with Crippen LogP contribution in [0.4, 0.5) is 5.69 Å². The fraction of sp³-hybridized carbons (Fsp3) is 0.192. The van der Waals surface area contributed by atoms with Gasteiger partial charge in [0.15, 0.2) is 11.5 Å². The van der Waals surface area contributed by atoms with Crippen molar-refractivity contribution in [2.24, 2.45) is 11.0 Å². The van der Waals surface area contributed by atoms with Gasteiger partial charge in [-0.1, -0.05) is 41.4 Å².